The standard InChI is InChI=1S/C13H24N4O/c1-9(2)5-6-15-13(18)8-17-11(4)12(7-14)10(3)16-17/h9H,5-8,14H2,1-4H3,(H,15,18). The number of rotatable bonds is 6. The molecule has 5 nitrogen and oxygen atoms in total. The van der Waals surface area contributed by atoms with Crippen molar-refractivity contribution in [2.45, 2.75) is 47.2 Å². The summed E-state index contributed by atoms with van der Waals surface area (Å²) in [7, 11) is 0. The van der Waals surface area contributed by atoms with Crippen molar-refractivity contribution in [2.24, 2.45) is 11.7 Å². The molecule has 0 aliphatic heterocycles. The van der Waals surface area contributed by atoms with Gasteiger partial charge in [-0.3, -0.25) is 9.48 Å². The highest BCUT2D eigenvalue weighted by atomic mass is 16.2. The van der Waals surface area contributed by atoms with Gasteiger partial charge in [-0.1, -0.05) is 13.8 Å². The minimum absolute atomic E-state index is 0.00446. The molecule has 0 radical (unpaired) electrons. The number of carbonyl (C=O) groups is 1. The molecule has 1 aromatic heterocycles. The molecule has 0 saturated carbocycles. The predicted octanol–water partition coefficient (Wildman–Crippen LogP) is 1.12. The zero-order chi connectivity index (χ0) is 13.7. The molecule has 18 heavy (non-hydrogen) atoms. The molecule has 0 bridgehead atoms. The summed E-state index contributed by atoms with van der Waals surface area (Å²) in [6.07, 6.45) is 0.997. The van der Waals surface area contributed by atoms with E-state index < -0.39 is 0 Å². The molecule has 0 aromatic carbocycles. The van der Waals surface area contributed by atoms with Crippen LogP contribution in [0.4, 0.5) is 0 Å². The lowest BCUT2D eigenvalue weighted by Crippen LogP contribution is -2.29. The Balaban J connectivity index is 2.54. The fourth-order valence-electron chi connectivity index (χ4n) is 1.88. The third kappa shape index (κ3) is 3.84. The van der Waals surface area contributed by atoms with Gasteiger partial charge in [0.05, 0.1) is 5.69 Å². The number of aryl methyl sites for hydroxylation is 1. The summed E-state index contributed by atoms with van der Waals surface area (Å²) >= 11 is 0. The number of hydrogen-bond acceptors (Lipinski definition) is 3. The Bertz CT molecular complexity index is 409. The molecule has 0 unspecified atom stereocenters. The Morgan fingerprint density at radius 2 is 2.11 bits per heavy atom. The summed E-state index contributed by atoms with van der Waals surface area (Å²) in [5.74, 6) is 0.604. The number of nitrogens with two attached hydrogens (primary N) is 1. The highest BCUT2D eigenvalue weighted by molar-refractivity contribution is 5.75. The summed E-state index contributed by atoms with van der Waals surface area (Å²) in [5, 5.41) is 7.25. The molecular formula is C13H24N4O. The van der Waals surface area contributed by atoms with Gasteiger partial charge >= 0.3 is 0 Å². The lowest BCUT2D eigenvalue weighted by atomic mass is 10.1. The first-order valence-corrected chi connectivity index (χ1v) is 6.45. The second-order valence-electron chi connectivity index (χ2n) is 5.04. The van der Waals surface area contributed by atoms with Crippen molar-refractivity contribution >= 4 is 5.91 Å². The van der Waals surface area contributed by atoms with E-state index in [1.54, 1.807) is 4.68 Å². The van der Waals surface area contributed by atoms with Crippen LogP contribution in [0.1, 0.15) is 37.2 Å². The van der Waals surface area contributed by atoms with Gasteiger partial charge in [0, 0.05) is 24.3 Å². The Morgan fingerprint density at radius 3 is 2.61 bits per heavy atom. The molecule has 0 aliphatic carbocycles. The second kappa shape index (κ2) is 6.54. The van der Waals surface area contributed by atoms with Crippen LogP contribution < -0.4 is 11.1 Å². The number of aromatic nitrogens is 2. The Kier molecular flexibility index (Phi) is 5.34. The summed E-state index contributed by atoms with van der Waals surface area (Å²) in [5.41, 5.74) is 8.58. The van der Waals surface area contributed by atoms with Gasteiger partial charge in [0.2, 0.25) is 5.91 Å². The Labute approximate surface area is 109 Å². The van der Waals surface area contributed by atoms with E-state index in [0.717, 1.165) is 29.9 Å². The highest BCUT2D eigenvalue weighted by Gasteiger charge is 2.12. The van der Waals surface area contributed by atoms with Crippen LogP contribution in [0.15, 0.2) is 0 Å². The molecule has 0 atom stereocenters. The third-order valence-electron chi connectivity index (χ3n) is 3.07. The summed E-state index contributed by atoms with van der Waals surface area (Å²) < 4.78 is 1.72. The lowest BCUT2D eigenvalue weighted by Gasteiger charge is -2.08. The maximum absolute atomic E-state index is 11.8. The molecule has 102 valence electrons. The summed E-state index contributed by atoms with van der Waals surface area (Å²) in [4.78, 5) is 11.8. The van der Waals surface area contributed by atoms with Crippen LogP contribution in [-0.4, -0.2) is 22.2 Å². The normalized spacial score (nSPS) is 11.0. The van der Waals surface area contributed by atoms with Crippen LogP contribution in [0.5, 0.6) is 0 Å². The molecule has 1 rings (SSSR count). The molecular weight excluding hydrogens is 228 g/mol. The van der Waals surface area contributed by atoms with E-state index in [-0.39, 0.29) is 12.5 Å². The van der Waals surface area contributed by atoms with Gasteiger partial charge in [0.25, 0.3) is 0 Å². The first-order valence-electron chi connectivity index (χ1n) is 6.45. The van der Waals surface area contributed by atoms with Crippen molar-refractivity contribution in [1.82, 2.24) is 15.1 Å². The van der Waals surface area contributed by atoms with Gasteiger partial charge in [-0.2, -0.15) is 5.10 Å². The largest absolute Gasteiger partial charge is 0.354 e. The zero-order valence-corrected chi connectivity index (χ0v) is 11.8. The van der Waals surface area contributed by atoms with Crippen molar-refractivity contribution in [3.63, 3.8) is 0 Å². The highest BCUT2D eigenvalue weighted by Crippen LogP contribution is 2.11. The van der Waals surface area contributed by atoms with Crippen LogP contribution in [0, 0.1) is 19.8 Å². The fourth-order valence-corrected chi connectivity index (χ4v) is 1.88. The maximum atomic E-state index is 11.8. The van der Waals surface area contributed by atoms with Crippen molar-refractivity contribution in [2.75, 3.05) is 6.54 Å². The quantitative estimate of drug-likeness (QED) is 0.797. The number of nitrogens with one attached hydrogen (secondary N) is 1. The Morgan fingerprint density at radius 1 is 1.44 bits per heavy atom. The molecule has 3 N–H and O–H groups in total. The van der Waals surface area contributed by atoms with Crippen LogP contribution in [0.3, 0.4) is 0 Å². The van der Waals surface area contributed by atoms with E-state index in [2.05, 4.69) is 24.3 Å². The van der Waals surface area contributed by atoms with E-state index in [9.17, 15) is 4.79 Å². The van der Waals surface area contributed by atoms with Gasteiger partial charge in [0.1, 0.15) is 6.54 Å². The van der Waals surface area contributed by atoms with E-state index in [1.165, 1.54) is 0 Å². The van der Waals surface area contributed by atoms with E-state index >= 15 is 0 Å². The molecule has 0 spiro atoms. The lowest BCUT2D eigenvalue weighted by molar-refractivity contribution is -0.121. The van der Waals surface area contributed by atoms with Gasteiger partial charge in [-0.05, 0) is 26.2 Å². The minimum Gasteiger partial charge on any atom is -0.354 e. The monoisotopic (exact) mass is 252 g/mol. The molecule has 1 aromatic rings. The SMILES string of the molecule is Cc1nn(CC(=O)NCCC(C)C)c(C)c1CN. The first-order chi connectivity index (χ1) is 8.45. The average molecular weight is 252 g/mol. The molecule has 0 fully saturated rings. The number of carbonyl (C=O) groups excluding carboxylic acids is 1. The molecule has 5 heteroatoms. The van der Waals surface area contributed by atoms with Crippen molar-refractivity contribution < 1.29 is 4.79 Å². The average Bonchev–Trinajstić information content (AvgIpc) is 2.53. The van der Waals surface area contributed by atoms with Gasteiger partial charge in [-0.25, -0.2) is 0 Å². The van der Waals surface area contributed by atoms with Crippen molar-refractivity contribution in [3.8, 4) is 0 Å². The number of nitrogens with zero attached hydrogens (tertiary/aromatic N) is 2. The molecule has 1 amide bonds. The first kappa shape index (κ1) is 14.7. The van der Waals surface area contributed by atoms with Crippen LogP contribution >= 0.6 is 0 Å². The summed E-state index contributed by atoms with van der Waals surface area (Å²) in [6.45, 7) is 9.60. The van der Waals surface area contributed by atoms with Gasteiger partial charge < -0.3 is 11.1 Å². The summed E-state index contributed by atoms with van der Waals surface area (Å²) in [6, 6.07) is 0. The van der Waals surface area contributed by atoms with Crippen LogP contribution in [-0.2, 0) is 17.9 Å². The van der Waals surface area contributed by atoms with Crippen molar-refractivity contribution in [1.29, 1.82) is 0 Å². The van der Waals surface area contributed by atoms with Gasteiger partial charge in [-0.15, -0.1) is 0 Å². The van der Waals surface area contributed by atoms with Crippen molar-refractivity contribution in [3.05, 3.63) is 17.0 Å². The smallest absolute Gasteiger partial charge is 0.241 e. The minimum atomic E-state index is 0.00446. The van der Waals surface area contributed by atoms with E-state index in [1.807, 2.05) is 13.8 Å². The topological polar surface area (TPSA) is 72.9 Å². The van der Waals surface area contributed by atoms with Crippen LogP contribution in [0.2, 0.25) is 0 Å². The Hall–Kier alpha value is -1.36. The fraction of sp³-hybridized carbons (Fsp3) is 0.692. The second-order valence-corrected chi connectivity index (χ2v) is 5.04. The van der Waals surface area contributed by atoms with Gasteiger partial charge in [0.15, 0.2) is 0 Å². The predicted molar refractivity (Wildman–Crippen MR) is 72.1 cm³/mol. The third-order valence-corrected chi connectivity index (χ3v) is 3.07. The molecule has 0 aliphatic rings. The molecule has 0 saturated heterocycles. The van der Waals surface area contributed by atoms with E-state index in [0.29, 0.717) is 12.5 Å². The van der Waals surface area contributed by atoms with Crippen LogP contribution in [0.25, 0.3) is 0 Å². The zero-order valence-electron chi connectivity index (χ0n) is 11.8. The van der Waals surface area contributed by atoms with E-state index in [4.69, 9.17) is 5.73 Å². The molecule has 1 heterocycles. The maximum Gasteiger partial charge on any atom is 0.241 e. The number of amides is 1. The number of hydrogen-bond donors (Lipinski definition) is 2.